The van der Waals surface area contributed by atoms with Gasteiger partial charge < -0.3 is 84.6 Å². The van der Waals surface area contributed by atoms with Crippen molar-refractivity contribution in [3.8, 4) is 0 Å². The van der Waals surface area contributed by atoms with E-state index in [-0.39, 0.29) is 22.7 Å². The Balaban J connectivity index is 1.23. The van der Waals surface area contributed by atoms with Crippen LogP contribution in [0.1, 0.15) is 85.5 Å². The van der Waals surface area contributed by atoms with Crippen LogP contribution in [-0.2, 0) is 33.2 Å². The number of aliphatic carboxylic acids is 1. The predicted molar refractivity (Wildman–Crippen MR) is 191 cm³/mol. The van der Waals surface area contributed by atoms with Gasteiger partial charge in [0.2, 0.25) is 0 Å². The lowest BCUT2D eigenvalue weighted by Crippen LogP contribution is -2.68. The van der Waals surface area contributed by atoms with E-state index in [9.17, 15) is 61.0 Å². The van der Waals surface area contributed by atoms with Gasteiger partial charge in [0.25, 0.3) is 0 Å². The van der Waals surface area contributed by atoms with Crippen molar-refractivity contribution in [2.75, 3.05) is 19.8 Å². The zero-order valence-corrected chi connectivity index (χ0v) is 33.1. The van der Waals surface area contributed by atoms with Crippen molar-refractivity contribution in [3.63, 3.8) is 0 Å². The number of carbonyl (C=O) groups is 1. The second-order valence-electron chi connectivity index (χ2n) is 19.3. The summed E-state index contributed by atoms with van der Waals surface area (Å²) in [4.78, 5) is 12.7. The number of hydrogen-bond acceptors (Lipinski definition) is 17. The van der Waals surface area contributed by atoms with Gasteiger partial charge in [0.05, 0.1) is 30.8 Å². The number of aliphatic hydroxyl groups excluding tert-OH is 10. The van der Waals surface area contributed by atoms with Crippen molar-refractivity contribution in [3.05, 3.63) is 0 Å². The summed E-state index contributed by atoms with van der Waals surface area (Å²) in [7, 11) is 0. The SMILES string of the molecule is CC1(C)C[C@@]23CC[C@H]4[C@@](C)(CCC[C@@]4(C)C(=O)O)[C@@H]2CC[C@]1(OC1OC(CO)C(O)C(OC2OC(CO)C(O)C(O)C2O)C1OC1OC(CO)C(O)C(O)C1O)C3. The molecule has 4 saturated carbocycles. The van der Waals surface area contributed by atoms with Crippen molar-refractivity contribution in [2.24, 2.45) is 33.5 Å². The van der Waals surface area contributed by atoms with E-state index < -0.39 is 134 Å². The van der Waals surface area contributed by atoms with Crippen LogP contribution in [-0.4, -0.2) is 180 Å². The number of carboxylic acids is 1. The van der Waals surface area contributed by atoms with Crippen LogP contribution in [0.25, 0.3) is 0 Å². The van der Waals surface area contributed by atoms with Gasteiger partial charge in [0.1, 0.15) is 73.2 Å². The molecule has 2 bridgehead atoms. The van der Waals surface area contributed by atoms with Crippen LogP contribution in [0.3, 0.4) is 0 Å². The molecule has 0 aromatic heterocycles. The summed E-state index contributed by atoms with van der Waals surface area (Å²) in [6, 6.07) is 0. The summed E-state index contributed by atoms with van der Waals surface area (Å²) in [5.74, 6) is -0.534. The van der Waals surface area contributed by atoms with Gasteiger partial charge >= 0.3 is 5.97 Å². The summed E-state index contributed by atoms with van der Waals surface area (Å²) in [6.07, 6.45) is -18.6. The molecule has 3 saturated heterocycles. The Morgan fingerprint density at radius 2 is 1.11 bits per heavy atom. The fourth-order valence-electron chi connectivity index (χ4n) is 12.9. The highest BCUT2D eigenvalue weighted by molar-refractivity contribution is 5.75. The third-order valence-corrected chi connectivity index (χ3v) is 15.9. The van der Waals surface area contributed by atoms with Crippen molar-refractivity contribution in [1.29, 1.82) is 0 Å². The molecule has 7 aliphatic rings. The smallest absolute Gasteiger partial charge is 0.309 e. The molecule has 3 heterocycles. The second-order valence-corrected chi connectivity index (χ2v) is 19.3. The van der Waals surface area contributed by atoms with E-state index in [1.54, 1.807) is 0 Å². The Kier molecular flexibility index (Phi) is 12.0. The van der Waals surface area contributed by atoms with Crippen LogP contribution in [0, 0.1) is 33.5 Å². The van der Waals surface area contributed by atoms with E-state index >= 15 is 0 Å². The number of hydrogen-bond donors (Lipinski definition) is 11. The molecule has 0 radical (unpaired) electrons. The molecule has 18 heteroatoms. The largest absolute Gasteiger partial charge is 0.481 e. The van der Waals surface area contributed by atoms with Crippen LogP contribution in [0.15, 0.2) is 0 Å². The highest BCUT2D eigenvalue weighted by Crippen LogP contribution is 2.76. The van der Waals surface area contributed by atoms with Gasteiger partial charge in [-0.25, -0.2) is 0 Å². The van der Waals surface area contributed by atoms with E-state index in [0.717, 1.165) is 38.5 Å². The quantitative estimate of drug-likeness (QED) is 0.107. The van der Waals surface area contributed by atoms with Gasteiger partial charge in [-0.2, -0.15) is 0 Å². The Labute approximate surface area is 331 Å². The van der Waals surface area contributed by atoms with Crippen molar-refractivity contribution in [1.82, 2.24) is 0 Å². The molecule has 0 amide bonds. The van der Waals surface area contributed by atoms with Crippen LogP contribution in [0.4, 0.5) is 0 Å². The van der Waals surface area contributed by atoms with Crippen molar-refractivity contribution < 1.29 is 89.4 Å². The summed E-state index contributed by atoms with van der Waals surface area (Å²) >= 11 is 0. The third-order valence-electron chi connectivity index (χ3n) is 15.9. The number of ether oxygens (including phenoxy) is 6. The van der Waals surface area contributed by atoms with Gasteiger partial charge in [-0.15, -0.1) is 0 Å². The molecular formula is C39H64O18. The minimum Gasteiger partial charge on any atom is -0.481 e. The summed E-state index contributed by atoms with van der Waals surface area (Å²) in [6.45, 7) is 6.10. The zero-order chi connectivity index (χ0) is 41.6. The highest BCUT2D eigenvalue weighted by Gasteiger charge is 2.72. The lowest BCUT2D eigenvalue weighted by atomic mass is 9.41. The van der Waals surface area contributed by atoms with E-state index in [0.29, 0.717) is 19.3 Å². The summed E-state index contributed by atoms with van der Waals surface area (Å²) in [5.41, 5.74) is -2.67. The van der Waals surface area contributed by atoms with Crippen LogP contribution < -0.4 is 0 Å². The van der Waals surface area contributed by atoms with Gasteiger partial charge in [-0.1, -0.05) is 27.2 Å². The molecule has 11 N–H and O–H groups in total. The maximum atomic E-state index is 12.7. The molecule has 1 spiro atoms. The van der Waals surface area contributed by atoms with E-state index in [1.807, 2.05) is 6.92 Å². The summed E-state index contributed by atoms with van der Waals surface area (Å²) in [5, 5.41) is 116. The first kappa shape index (κ1) is 43.9. The molecule has 15 unspecified atom stereocenters. The minimum atomic E-state index is -1.90. The molecular weight excluding hydrogens is 756 g/mol. The number of aliphatic hydroxyl groups is 10. The topological polar surface area (TPSA) is 295 Å². The van der Waals surface area contributed by atoms with Gasteiger partial charge in [0.15, 0.2) is 18.9 Å². The number of rotatable bonds is 10. The Hall–Kier alpha value is -1.17. The molecule has 7 fully saturated rings. The summed E-state index contributed by atoms with van der Waals surface area (Å²) < 4.78 is 37.1. The lowest BCUT2D eigenvalue weighted by molar-refractivity contribution is -0.404. The highest BCUT2D eigenvalue weighted by atomic mass is 16.8. The van der Waals surface area contributed by atoms with Crippen molar-refractivity contribution in [2.45, 2.75) is 183 Å². The molecule has 328 valence electrons. The molecule has 0 aromatic carbocycles. The monoisotopic (exact) mass is 820 g/mol. The van der Waals surface area contributed by atoms with Gasteiger partial charge in [-0.3, -0.25) is 4.79 Å². The van der Waals surface area contributed by atoms with Gasteiger partial charge in [0, 0.05) is 0 Å². The Bertz CT molecular complexity index is 1450. The first-order chi connectivity index (χ1) is 26.7. The fourth-order valence-corrected chi connectivity index (χ4v) is 12.9. The molecule has 7 rings (SSSR count). The maximum absolute atomic E-state index is 12.7. The Morgan fingerprint density at radius 1 is 0.596 bits per heavy atom. The first-order valence-electron chi connectivity index (χ1n) is 20.5. The lowest BCUT2D eigenvalue weighted by Gasteiger charge is -2.64. The van der Waals surface area contributed by atoms with Crippen LogP contribution in [0.2, 0.25) is 0 Å². The molecule has 0 aromatic rings. The van der Waals surface area contributed by atoms with E-state index in [2.05, 4.69) is 20.8 Å². The second kappa shape index (κ2) is 15.6. The number of carboxylic acid groups (broad SMARTS) is 1. The fraction of sp³-hybridized carbons (Fsp3) is 0.974. The average molecular weight is 821 g/mol. The molecule has 57 heavy (non-hydrogen) atoms. The van der Waals surface area contributed by atoms with E-state index in [4.69, 9.17) is 28.4 Å². The van der Waals surface area contributed by atoms with Crippen molar-refractivity contribution >= 4 is 5.97 Å². The maximum Gasteiger partial charge on any atom is 0.309 e. The predicted octanol–water partition coefficient (Wildman–Crippen LogP) is -1.90. The molecule has 21 atom stereocenters. The average Bonchev–Trinajstić information content (AvgIpc) is 3.32. The molecule has 4 aliphatic carbocycles. The standard InChI is InChI=1S/C39H64O18/c1-35(2)15-38-10-6-20-36(3,8-5-9-37(20,4)34(50)51)21(38)7-11-39(35,16-38)57-33-30(56-32-28(49)26(47)23(44)18(13-41)53-32)29(24(45)19(14-42)54-33)55-31-27(48)25(46)22(43)17(12-40)52-31/h17-33,40-49H,5-16H2,1-4H3,(H,50,51)/t17?,18?,19?,20-,21-,22?,23?,24?,25?,26?,27?,28?,29?,30?,31?,32?,33?,36+,37+,38+,39-/m0/s1. The van der Waals surface area contributed by atoms with Gasteiger partial charge in [-0.05, 0) is 86.4 Å². The normalized spacial score (nSPS) is 54.8. The number of fused-ring (bicyclic) bond motifs is 3. The van der Waals surface area contributed by atoms with Crippen LogP contribution in [0.5, 0.6) is 0 Å². The zero-order valence-electron chi connectivity index (χ0n) is 33.1. The molecule has 3 aliphatic heterocycles. The van der Waals surface area contributed by atoms with Crippen LogP contribution >= 0.6 is 0 Å². The Morgan fingerprint density at radius 3 is 1.65 bits per heavy atom. The minimum absolute atomic E-state index is 0.00845. The third kappa shape index (κ3) is 6.91. The van der Waals surface area contributed by atoms with E-state index in [1.165, 1.54) is 0 Å². The first-order valence-corrected chi connectivity index (χ1v) is 20.5. The molecule has 18 nitrogen and oxygen atoms in total.